The molecular formula is C37H42ClFN8O5. The standard InChI is InChI=1S/C37H42ClFN8O5/c1-35(2,3)52-34(50)45(22-36-19-37(39,20-36)21-36)31-13-24-8-7-23(12-29(24)46(31)33(48)49)17-44-18-28(42-43-44)26-14-25(40-10-9-38)15-30-27(26)16-41-47(30)32-6-4-5-11-51-32/h7-8,12-16,18,32,40H,4-6,9-11,17,19-22H2,1-3H3,(H,48,49). The van der Waals surface area contributed by atoms with E-state index in [0.29, 0.717) is 61.4 Å². The van der Waals surface area contributed by atoms with E-state index in [1.54, 1.807) is 37.6 Å². The number of alkyl halides is 2. The van der Waals surface area contributed by atoms with Crippen molar-refractivity contribution in [2.75, 3.05) is 35.8 Å². The van der Waals surface area contributed by atoms with Crippen molar-refractivity contribution in [3.8, 4) is 11.3 Å². The summed E-state index contributed by atoms with van der Waals surface area (Å²) in [6.45, 7) is 7.04. The van der Waals surface area contributed by atoms with Gasteiger partial charge in [-0.25, -0.2) is 27.9 Å². The Kier molecular flexibility index (Phi) is 8.44. The average molecular weight is 733 g/mol. The first-order chi connectivity index (χ1) is 24.8. The van der Waals surface area contributed by atoms with Gasteiger partial charge in [0.25, 0.3) is 0 Å². The first kappa shape index (κ1) is 34.4. The lowest BCUT2D eigenvalue weighted by Gasteiger charge is -2.66. The van der Waals surface area contributed by atoms with Crippen LogP contribution >= 0.6 is 11.6 Å². The maximum absolute atomic E-state index is 14.5. The lowest BCUT2D eigenvalue weighted by Crippen LogP contribution is -2.68. The van der Waals surface area contributed by atoms with Crippen LogP contribution in [-0.4, -0.2) is 83.5 Å². The lowest BCUT2D eigenvalue weighted by atomic mass is 9.42. The monoisotopic (exact) mass is 732 g/mol. The van der Waals surface area contributed by atoms with Crippen LogP contribution in [0.5, 0.6) is 0 Å². The summed E-state index contributed by atoms with van der Waals surface area (Å²) in [5.41, 5.74) is 2.14. The molecule has 274 valence electrons. The van der Waals surface area contributed by atoms with Gasteiger partial charge in [0.2, 0.25) is 0 Å². The van der Waals surface area contributed by atoms with E-state index in [1.807, 2.05) is 35.3 Å². The fraction of sp³-hybridized carbons (Fsp3) is 0.486. The zero-order chi connectivity index (χ0) is 36.4. The third kappa shape index (κ3) is 6.36. The molecule has 1 aliphatic heterocycles. The topological polar surface area (TPSA) is 142 Å². The van der Waals surface area contributed by atoms with Crippen LogP contribution in [0.3, 0.4) is 0 Å². The molecule has 52 heavy (non-hydrogen) atoms. The van der Waals surface area contributed by atoms with Crippen molar-refractivity contribution in [3.05, 3.63) is 54.4 Å². The molecule has 3 aromatic heterocycles. The zero-order valence-electron chi connectivity index (χ0n) is 29.4. The number of hydrogen-bond donors (Lipinski definition) is 2. The van der Waals surface area contributed by atoms with Gasteiger partial charge in [0, 0.05) is 47.6 Å². The van der Waals surface area contributed by atoms with Crippen molar-refractivity contribution in [2.45, 2.75) is 83.3 Å². The molecule has 0 spiro atoms. The Hall–Kier alpha value is -4.69. The van der Waals surface area contributed by atoms with Crippen LogP contribution in [0, 0.1) is 5.41 Å². The molecule has 5 aromatic rings. The molecule has 3 aliphatic carbocycles. The normalized spacial score (nSPS) is 22.6. The molecule has 1 unspecified atom stereocenters. The second-order valence-corrected chi connectivity index (χ2v) is 15.9. The number of rotatable bonds is 10. The van der Waals surface area contributed by atoms with E-state index < -0.39 is 23.5 Å². The van der Waals surface area contributed by atoms with E-state index in [1.165, 1.54) is 4.90 Å². The summed E-state index contributed by atoms with van der Waals surface area (Å²) < 4.78 is 31.0. The quantitative estimate of drug-likeness (QED) is 0.138. The van der Waals surface area contributed by atoms with Gasteiger partial charge in [-0.3, -0.25) is 4.90 Å². The van der Waals surface area contributed by atoms with Crippen LogP contribution in [0.2, 0.25) is 0 Å². The van der Waals surface area contributed by atoms with Gasteiger partial charge in [-0.2, -0.15) is 5.10 Å². The number of amides is 1. The minimum absolute atomic E-state index is 0.139. The molecule has 1 amide bonds. The van der Waals surface area contributed by atoms with Crippen LogP contribution in [0.1, 0.15) is 71.1 Å². The van der Waals surface area contributed by atoms with Crippen LogP contribution in [0.4, 0.5) is 25.5 Å². The number of carbonyl (C=O) groups excluding carboxylic acids is 1. The highest BCUT2D eigenvalue weighted by Crippen LogP contribution is 2.69. The molecule has 9 rings (SSSR count). The van der Waals surface area contributed by atoms with E-state index in [4.69, 9.17) is 26.2 Å². The SMILES string of the molecule is CC(C)(C)OC(=O)N(CC12CC(F)(C1)C2)c1cc2ccc(Cn3cc(-c4cc(NCCCl)cc5c4cnn5C4CCCCO4)nn3)cc2n1C(=O)O. The summed E-state index contributed by atoms with van der Waals surface area (Å²) in [4.78, 5) is 27.7. The fourth-order valence-corrected chi connectivity index (χ4v) is 8.23. The molecule has 1 atom stereocenters. The first-order valence-corrected chi connectivity index (χ1v) is 18.3. The number of aromatic nitrogens is 6. The maximum atomic E-state index is 14.5. The van der Waals surface area contributed by atoms with Gasteiger partial charge in [-0.15, -0.1) is 16.7 Å². The van der Waals surface area contributed by atoms with Gasteiger partial charge < -0.3 is 19.9 Å². The van der Waals surface area contributed by atoms with E-state index in [0.717, 1.165) is 51.5 Å². The number of fused-ring (bicyclic) bond motifs is 2. The van der Waals surface area contributed by atoms with Gasteiger partial charge in [-0.05, 0) is 94.5 Å². The fourth-order valence-electron chi connectivity index (χ4n) is 8.13. The van der Waals surface area contributed by atoms with E-state index >= 15 is 0 Å². The number of halogens is 2. The number of anilines is 2. The molecule has 2 aromatic carbocycles. The minimum Gasteiger partial charge on any atom is -0.464 e. The molecule has 0 radical (unpaired) electrons. The van der Waals surface area contributed by atoms with Crippen molar-refractivity contribution in [3.63, 3.8) is 0 Å². The van der Waals surface area contributed by atoms with Crippen molar-refractivity contribution in [1.82, 2.24) is 29.3 Å². The van der Waals surface area contributed by atoms with E-state index in [-0.39, 0.29) is 24.0 Å². The molecule has 4 fully saturated rings. The second-order valence-electron chi connectivity index (χ2n) is 15.5. The molecule has 4 aliphatic rings. The molecular weight excluding hydrogens is 691 g/mol. The molecule has 1 saturated heterocycles. The highest BCUT2D eigenvalue weighted by Gasteiger charge is 2.69. The highest BCUT2D eigenvalue weighted by molar-refractivity contribution is 6.18. The predicted octanol–water partition coefficient (Wildman–Crippen LogP) is 7.81. The van der Waals surface area contributed by atoms with Gasteiger partial charge in [-0.1, -0.05) is 17.3 Å². The van der Waals surface area contributed by atoms with Gasteiger partial charge in [0.05, 0.1) is 30.0 Å². The van der Waals surface area contributed by atoms with Crippen LogP contribution < -0.4 is 10.2 Å². The largest absolute Gasteiger partial charge is 0.464 e. The Morgan fingerprint density at radius 3 is 2.65 bits per heavy atom. The number of ether oxygens (including phenoxy) is 2. The second kappa shape index (κ2) is 12.8. The summed E-state index contributed by atoms with van der Waals surface area (Å²) in [7, 11) is 0. The maximum Gasteiger partial charge on any atom is 0.417 e. The number of benzene rings is 2. The number of carbonyl (C=O) groups is 2. The van der Waals surface area contributed by atoms with Crippen LogP contribution in [0.15, 0.2) is 48.8 Å². The highest BCUT2D eigenvalue weighted by atomic mass is 35.5. The summed E-state index contributed by atoms with van der Waals surface area (Å²) >= 11 is 6.00. The smallest absolute Gasteiger partial charge is 0.417 e. The minimum atomic E-state index is -1.25. The van der Waals surface area contributed by atoms with E-state index in [9.17, 15) is 19.1 Å². The molecule has 2 bridgehead atoms. The Morgan fingerprint density at radius 1 is 1.15 bits per heavy atom. The number of carboxylic acid groups (broad SMARTS) is 1. The van der Waals surface area contributed by atoms with Gasteiger partial charge in [0.15, 0.2) is 6.23 Å². The van der Waals surface area contributed by atoms with Crippen molar-refractivity contribution in [1.29, 1.82) is 0 Å². The lowest BCUT2D eigenvalue weighted by molar-refractivity contribution is -0.206. The van der Waals surface area contributed by atoms with Gasteiger partial charge >= 0.3 is 12.2 Å². The predicted molar refractivity (Wildman–Crippen MR) is 195 cm³/mol. The average Bonchev–Trinajstić information content (AvgIpc) is 3.81. The Balaban J connectivity index is 1.10. The number of hydrogen-bond acceptors (Lipinski definition) is 8. The third-order valence-corrected chi connectivity index (χ3v) is 10.4. The molecule has 2 N–H and O–H groups in total. The van der Waals surface area contributed by atoms with Gasteiger partial charge in [0.1, 0.15) is 22.8 Å². The van der Waals surface area contributed by atoms with Crippen molar-refractivity contribution in [2.24, 2.45) is 5.41 Å². The Morgan fingerprint density at radius 2 is 1.96 bits per heavy atom. The molecule has 13 nitrogen and oxygen atoms in total. The third-order valence-electron chi connectivity index (χ3n) is 10.2. The summed E-state index contributed by atoms with van der Waals surface area (Å²) in [6, 6.07) is 11.2. The summed E-state index contributed by atoms with van der Waals surface area (Å²) in [5.74, 6) is 0.617. The Bertz CT molecular complexity index is 2160. The Labute approximate surface area is 304 Å². The zero-order valence-corrected chi connectivity index (χ0v) is 30.2. The molecule has 3 saturated carbocycles. The van der Waals surface area contributed by atoms with Crippen molar-refractivity contribution >= 4 is 57.1 Å². The molecule has 15 heteroatoms. The summed E-state index contributed by atoms with van der Waals surface area (Å²) in [5, 5.41) is 29.1. The van der Waals surface area contributed by atoms with Crippen molar-refractivity contribution < 1.29 is 28.6 Å². The number of nitrogens with zero attached hydrogens (tertiary/aromatic N) is 7. The van der Waals surface area contributed by atoms with Crippen LogP contribution in [-0.2, 0) is 16.0 Å². The molecule has 4 heterocycles. The van der Waals surface area contributed by atoms with E-state index in [2.05, 4.69) is 21.7 Å². The summed E-state index contributed by atoms with van der Waals surface area (Å²) in [6.07, 6.45) is 5.70. The number of nitrogens with one attached hydrogen (secondary N) is 1. The van der Waals surface area contributed by atoms with Crippen LogP contribution in [0.25, 0.3) is 33.1 Å². The first-order valence-electron chi connectivity index (χ1n) is 17.7.